The van der Waals surface area contributed by atoms with Crippen LogP contribution in [0.25, 0.3) is 0 Å². The molecule has 1 aliphatic rings. The van der Waals surface area contributed by atoms with E-state index < -0.39 is 12.0 Å². The van der Waals surface area contributed by atoms with E-state index in [-0.39, 0.29) is 0 Å². The maximum atomic E-state index is 11.0. The van der Waals surface area contributed by atoms with Crippen LogP contribution in [0, 0.1) is 0 Å². The van der Waals surface area contributed by atoms with Crippen LogP contribution in [-0.4, -0.2) is 37.0 Å². The van der Waals surface area contributed by atoms with Crippen LogP contribution in [0.2, 0.25) is 0 Å². The first kappa shape index (κ1) is 11.1. The first-order valence-corrected chi connectivity index (χ1v) is 5.88. The second kappa shape index (κ2) is 4.25. The summed E-state index contributed by atoms with van der Waals surface area (Å²) in [7, 11) is 3.43. The highest BCUT2D eigenvalue weighted by Gasteiger charge is 2.29. The minimum absolute atomic E-state index is 0.453. The molecule has 1 aliphatic heterocycles. The first-order chi connectivity index (χ1) is 7.63. The quantitative estimate of drug-likeness (QED) is 0.851. The molecule has 16 heavy (non-hydrogen) atoms. The van der Waals surface area contributed by atoms with E-state index in [2.05, 4.69) is 0 Å². The van der Waals surface area contributed by atoms with Crippen LogP contribution < -0.4 is 9.64 Å². The van der Waals surface area contributed by atoms with Crippen LogP contribution >= 0.6 is 11.8 Å². The molecule has 1 aromatic rings. The van der Waals surface area contributed by atoms with Crippen molar-refractivity contribution in [1.82, 2.24) is 0 Å². The second-order valence-corrected chi connectivity index (χ2v) is 4.67. The van der Waals surface area contributed by atoms with Crippen LogP contribution in [-0.2, 0) is 4.79 Å². The Hall–Kier alpha value is -1.36. The molecule has 1 aromatic carbocycles. The van der Waals surface area contributed by atoms with Crippen molar-refractivity contribution in [3.8, 4) is 5.75 Å². The minimum Gasteiger partial charge on any atom is -0.497 e. The van der Waals surface area contributed by atoms with Crippen LogP contribution in [0.5, 0.6) is 5.75 Å². The summed E-state index contributed by atoms with van der Waals surface area (Å²) in [5.41, 5.74) is 0.949. The summed E-state index contributed by atoms with van der Waals surface area (Å²) in [4.78, 5) is 13.9. The summed E-state index contributed by atoms with van der Waals surface area (Å²) in [6.45, 7) is 0. The molecule has 5 heteroatoms. The van der Waals surface area contributed by atoms with Crippen molar-refractivity contribution in [3.05, 3.63) is 18.2 Å². The van der Waals surface area contributed by atoms with E-state index in [0.29, 0.717) is 5.75 Å². The summed E-state index contributed by atoms with van der Waals surface area (Å²) >= 11 is 1.56. The van der Waals surface area contributed by atoms with Crippen molar-refractivity contribution in [2.45, 2.75) is 10.9 Å². The lowest BCUT2D eigenvalue weighted by Gasteiger charge is -2.32. The Labute approximate surface area is 98.2 Å². The van der Waals surface area contributed by atoms with Crippen molar-refractivity contribution in [2.24, 2.45) is 0 Å². The van der Waals surface area contributed by atoms with Crippen molar-refractivity contribution in [2.75, 3.05) is 24.8 Å². The van der Waals surface area contributed by atoms with E-state index >= 15 is 0 Å². The normalized spacial score (nSPS) is 19.1. The van der Waals surface area contributed by atoms with E-state index in [4.69, 9.17) is 9.84 Å². The Morgan fingerprint density at radius 2 is 2.38 bits per heavy atom. The fourth-order valence-electron chi connectivity index (χ4n) is 1.71. The topological polar surface area (TPSA) is 49.8 Å². The summed E-state index contributed by atoms with van der Waals surface area (Å²) in [5, 5.41) is 9.06. The Morgan fingerprint density at radius 3 is 3.00 bits per heavy atom. The molecular weight excluding hydrogens is 226 g/mol. The van der Waals surface area contributed by atoms with Crippen molar-refractivity contribution in [3.63, 3.8) is 0 Å². The molecule has 0 bridgehead atoms. The zero-order chi connectivity index (χ0) is 11.7. The highest BCUT2D eigenvalue weighted by atomic mass is 32.2. The van der Waals surface area contributed by atoms with E-state index in [0.717, 1.165) is 16.3 Å². The lowest BCUT2D eigenvalue weighted by molar-refractivity contribution is -0.138. The van der Waals surface area contributed by atoms with Gasteiger partial charge < -0.3 is 14.7 Å². The number of ether oxygens (including phenoxy) is 1. The standard InChI is InChI=1S/C11H13NO3S/c1-12-8-4-3-7(15-2)5-10(8)16-6-9(12)11(13)14/h3-5,9H,6H2,1-2H3,(H,13,14). The van der Waals surface area contributed by atoms with Crippen LogP contribution in [0.3, 0.4) is 0 Å². The number of carboxylic acids is 1. The predicted octanol–water partition coefficient (Wildman–Crippen LogP) is 1.69. The first-order valence-electron chi connectivity index (χ1n) is 4.90. The van der Waals surface area contributed by atoms with E-state index in [1.54, 1.807) is 23.8 Å². The van der Waals surface area contributed by atoms with Gasteiger partial charge in [0.1, 0.15) is 11.8 Å². The van der Waals surface area contributed by atoms with Crippen molar-refractivity contribution in [1.29, 1.82) is 0 Å². The van der Waals surface area contributed by atoms with Gasteiger partial charge in [0, 0.05) is 17.7 Å². The molecule has 0 saturated carbocycles. The monoisotopic (exact) mass is 239 g/mol. The number of aliphatic carboxylic acids is 1. The number of anilines is 1. The average Bonchev–Trinajstić information content (AvgIpc) is 2.28. The lowest BCUT2D eigenvalue weighted by Crippen LogP contribution is -2.42. The summed E-state index contributed by atoms with van der Waals surface area (Å²) in [5.74, 6) is 0.580. The maximum absolute atomic E-state index is 11.0. The zero-order valence-corrected chi connectivity index (χ0v) is 9.95. The Kier molecular flexibility index (Phi) is 2.96. The fourth-order valence-corrected chi connectivity index (χ4v) is 2.98. The molecule has 0 aliphatic carbocycles. The zero-order valence-electron chi connectivity index (χ0n) is 9.14. The minimum atomic E-state index is -0.781. The van der Waals surface area contributed by atoms with Gasteiger partial charge in [-0.1, -0.05) is 0 Å². The molecule has 0 amide bonds. The van der Waals surface area contributed by atoms with Gasteiger partial charge in [0.25, 0.3) is 0 Å². The molecule has 1 N–H and O–H groups in total. The van der Waals surface area contributed by atoms with Gasteiger partial charge in [-0.25, -0.2) is 4.79 Å². The predicted molar refractivity (Wildman–Crippen MR) is 63.5 cm³/mol. The molecule has 0 aromatic heterocycles. The molecule has 1 atom stereocenters. The molecular formula is C11H13NO3S. The molecule has 0 saturated heterocycles. The van der Waals surface area contributed by atoms with Gasteiger partial charge in [-0.2, -0.15) is 0 Å². The van der Waals surface area contributed by atoms with Gasteiger partial charge >= 0.3 is 5.97 Å². The molecule has 86 valence electrons. The van der Waals surface area contributed by atoms with Crippen LogP contribution in [0.4, 0.5) is 5.69 Å². The highest BCUT2D eigenvalue weighted by molar-refractivity contribution is 7.99. The Balaban J connectivity index is 2.35. The van der Waals surface area contributed by atoms with Crippen molar-refractivity contribution < 1.29 is 14.6 Å². The maximum Gasteiger partial charge on any atom is 0.327 e. The van der Waals surface area contributed by atoms with Crippen LogP contribution in [0.15, 0.2) is 23.1 Å². The van der Waals surface area contributed by atoms with Gasteiger partial charge in [-0.3, -0.25) is 0 Å². The number of methoxy groups -OCH3 is 1. The molecule has 1 heterocycles. The Bertz CT molecular complexity index is 422. The molecule has 0 fully saturated rings. The lowest BCUT2D eigenvalue weighted by atomic mass is 10.2. The number of benzene rings is 1. The average molecular weight is 239 g/mol. The summed E-state index contributed by atoms with van der Waals surface area (Å²) in [6.07, 6.45) is 0. The van der Waals surface area contributed by atoms with Gasteiger partial charge in [-0.05, 0) is 18.2 Å². The van der Waals surface area contributed by atoms with Crippen molar-refractivity contribution >= 4 is 23.4 Å². The number of carboxylic acid groups (broad SMARTS) is 1. The number of thioether (sulfide) groups is 1. The van der Waals surface area contributed by atoms with E-state index in [9.17, 15) is 4.79 Å². The SMILES string of the molecule is COc1ccc2c(c1)SCC(C(=O)O)N2C. The largest absolute Gasteiger partial charge is 0.497 e. The second-order valence-electron chi connectivity index (χ2n) is 3.61. The molecule has 4 nitrogen and oxygen atoms in total. The number of hydrogen-bond donors (Lipinski definition) is 1. The van der Waals surface area contributed by atoms with E-state index in [1.807, 2.05) is 25.2 Å². The van der Waals surface area contributed by atoms with Gasteiger partial charge in [0.2, 0.25) is 0 Å². The molecule has 1 unspecified atom stereocenters. The third-order valence-electron chi connectivity index (χ3n) is 2.70. The smallest absolute Gasteiger partial charge is 0.327 e. The third kappa shape index (κ3) is 1.82. The van der Waals surface area contributed by atoms with Gasteiger partial charge in [-0.15, -0.1) is 11.8 Å². The molecule has 2 rings (SSSR count). The molecule has 0 radical (unpaired) electrons. The van der Waals surface area contributed by atoms with E-state index in [1.165, 1.54) is 0 Å². The molecule has 0 spiro atoms. The van der Waals surface area contributed by atoms with Gasteiger partial charge in [0.05, 0.1) is 12.8 Å². The number of likely N-dealkylation sites (N-methyl/N-ethyl adjacent to an activating group) is 1. The van der Waals surface area contributed by atoms with Crippen LogP contribution in [0.1, 0.15) is 0 Å². The number of carbonyl (C=O) groups is 1. The third-order valence-corrected chi connectivity index (χ3v) is 3.82. The Morgan fingerprint density at radius 1 is 1.62 bits per heavy atom. The van der Waals surface area contributed by atoms with Gasteiger partial charge in [0.15, 0.2) is 0 Å². The number of nitrogens with zero attached hydrogens (tertiary/aromatic N) is 1. The summed E-state index contributed by atoms with van der Waals surface area (Å²) < 4.78 is 5.14. The number of fused-ring (bicyclic) bond motifs is 1. The fraction of sp³-hybridized carbons (Fsp3) is 0.364. The highest BCUT2D eigenvalue weighted by Crippen LogP contribution is 2.38. The summed E-state index contributed by atoms with van der Waals surface area (Å²) in [6, 6.07) is 5.23. The number of rotatable bonds is 2. The number of hydrogen-bond acceptors (Lipinski definition) is 4.